The van der Waals surface area contributed by atoms with Crippen LogP contribution in [0.2, 0.25) is 0 Å². The van der Waals surface area contributed by atoms with E-state index in [4.69, 9.17) is 4.74 Å². The van der Waals surface area contributed by atoms with Gasteiger partial charge in [-0.1, -0.05) is 19.3 Å². The van der Waals surface area contributed by atoms with E-state index < -0.39 is 0 Å². The normalized spacial score (nSPS) is 21.5. The molecule has 0 bridgehead atoms. The molecule has 1 saturated carbocycles. The Balaban J connectivity index is 0.00000121. The van der Waals surface area contributed by atoms with Gasteiger partial charge in [0.15, 0.2) is 0 Å². The van der Waals surface area contributed by atoms with Gasteiger partial charge in [0, 0.05) is 12.6 Å². The molecule has 0 saturated heterocycles. The Bertz CT molecular complexity index is 108. The van der Waals surface area contributed by atoms with Crippen LogP contribution in [-0.4, -0.2) is 26.3 Å². The van der Waals surface area contributed by atoms with Crippen molar-refractivity contribution >= 4 is 12.4 Å². The molecule has 74 valence electrons. The molecule has 0 spiro atoms. The van der Waals surface area contributed by atoms with Crippen LogP contribution in [0.1, 0.15) is 32.1 Å². The number of ether oxygens (including phenoxy) is 1. The molecule has 1 aliphatic rings. The Hall–Kier alpha value is 0.210. The fraction of sp³-hybridized carbons (Fsp3) is 1.00. The summed E-state index contributed by atoms with van der Waals surface area (Å²) in [4.78, 5) is 0. The van der Waals surface area contributed by atoms with Gasteiger partial charge in [0.2, 0.25) is 0 Å². The summed E-state index contributed by atoms with van der Waals surface area (Å²) in [5.41, 5.74) is 0.299. The second-order valence-electron chi connectivity index (χ2n) is 3.52. The highest BCUT2D eigenvalue weighted by Gasteiger charge is 2.29. The Morgan fingerprint density at radius 2 is 1.83 bits per heavy atom. The third kappa shape index (κ3) is 2.92. The molecule has 1 fully saturated rings. The van der Waals surface area contributed by atoms with Gasteiger partial charge in [-0.05, 0) is 19.9 Å². The summed E-state index contributed by atoms with van der Waals surface area (Å²) in [7, 11) is 3.83. The zero-order valence-corrected chi connectivity index (χ0v) is 8.88. The second-order valence-corrected chi connectivity index (χ2v) is 3.52. The van der Waals surface area contributed by atoms with Crippen LogP contribution in [0.4, 0.5) is 0 Å². The third-order valence-electron chi connectivity index (χ3n) is 2.76. The molecule has 0 atom stereocenters. The van der Waals surface area contributed by atoms with E-state index in [1.54, 1.807) is 7.11 Å². The molecule has 0 amide bonds. The van der Waals surface area contributed by atoms with Gasteiger partial charge in [-0.3, -0.25) is 0 Å². The van der Waals surface area contributed by atoms with Gasteiger partial charge in [-0.25, -0.2) is 0 Å². The maximum absolute atomic E-state index is 5.21. The molecule has 2 nitrogen and oxygen atoms in total. The Morgan fingerprint density at radius 3 is 2.25 bits per heavy atom. The minimum Gasteiger partial charge on any atom is -0.383 e. The molecule has 1 aliphatic carbocycles. The zero-order chi connectivity index (χ0) is 8.16. The minimum atomic E-state index is 0. The molecule has 3 heteroatoms. The fourth-order valence-electron chi connectivity index (χ4n) is 1.97. The lowest BCUT2D eigenvalue weighted by Crippen LogP contribution is -2.48. The van der Waals surface area contributed by atoms with Crippen LogP contribution in [0.15, 0.2) is 0 Å². The molecule has 0 heterocycles. The van der Waals surface area contributed by atoms with Crippen molar-refractivity contribution in [1.82, 2.24) is 5.32 Å². The summed E-state index contributed by atoms with van der Waals surface area (Å²) >= 11 is 0. The lowest BCUT2D eigenvalue weighted by atomic mass is 9.82. The quantitative estimate of drug-likeness (QED) is 0.740. The van der Waals surface area contributed by atoms with E-state index in [1.807, 2.05) is 7.05 Å². The minimum absolute atomic E-state index is 0. The molecule has 0 radical (unpaired) electrons. The van der Waals surface area contributed by atoms with Crippen molar-refractivity contribution in [2.45, 2.75) is 37.6 Å². The van der Waals surface area contributed by atoms with Crippen LogP contribution in [0.3, 0.4) is 0 Å². The molecule has 1 N–H and O–H groups in total. The van der Waals surface area contributed by atoms with E-state index >= 15 is 0 Å². The molecular weight excluding hydrogens is 174 g/mol. The Labute approximate surface area is 81.5 Å². The lowest BCUT2D eigenvalue weighted by molar-refractivity contribution is 0.0874. The van der Waals surface area contributed by atoms with Gasteiger partial charge in [0.25, 0.3) is 0 Å². The highest BCUT2D eigenvalue weighted by Crippen LogP contribution is 2.27. The summed E-state index contributed by atoms with van der Waals surface area (Å²) in [6.07, 6.45) is 6.65. The zero-order valence-electron chi connectivity index (χ0n) is 8.06. The predicted octanol–water partition coefficient (Wildman–Crippen LogP) is 1.98. The second kappa shape index (κ2) is 5.79. The van der Waals surface area contributed by atoms with E-state index in [2.05, 4.69) is 5.32 Å². The van der Waals surface area contributed by atoms with Crippen molar-refractivity contribution in [2.75, 3.05) is 20.8 Å². The molecular formula is C9H20ClNO. The van der Waals surface area contributed by atoms with Crippen molar-refractivity contribution in [3.63, 3.8) is 0 Å². The average molecular weight is 194 g/mol. The van der Waals surface area contributed by atoms with E-state index in [9.17, 15) is 0 Å². The van der Waals surface area contributed by atoms with Gasteiger partial charge in [0.1, 0.15) is 0 Å². The van der Waals surface area contributed by atoms with Crippen LogP contribution < -0.4 is 5.32 Å². The number of hydrogen-bond acceptors (Lipinski definition) is 2. The number of hydrogen-bond donors (Lipinski definition) is 1. The first-order chi connectivity index (χ1) is 5.33. The van der Waals surface area contributed by atoms with Crippen molar-refractivity contribution in [3.8, 4) is 0 Å². The van der Waals surface area contributed by atoms with Crippen LogP contribution in [0.25, 0.3) is 0 Å². The van der Waals surface area contributed by atoms with Gasteiger partial charge >= 0.3 is 0 Å². The largest absolute Gasteiger partial charge is 0.383 e. The molecule has 0 aromatic heterocycles. The molecule has 0 aromatic rings. The van der Waals surface area contributed by atoms with Crippen LogP contribution in [-0.2, 0) is 4.74 Å². The third-order valence-corrected chi connectivity index (χ3v) is 2.76. The predicted molar refractivity (Wildman–Crippen MR) is 54.0 cm³/mol. The first-order valence-electron chi connectivity index (χ1n) is 4.51. The van der Waals surface area contributed by atoms with Crippen LogP contribution in [0.5, 0.6) is 0 Å². The number of rotatable bonds is 3. The van der Waals surface area contributed by atoms with Gasteiger partial charge in [-0.15, -0.1) is 12.4 Å². The van der Waals surface area contributed by atoms with Gasteiger partial charge in [-0.2, -0.15) is 0 Å². The average Bonchev–Trinajstić information content (AvgIpc) is 2.07. The van der Waals surface area contributed by atoms with Crippen LogP contribution in [0, 0.1) is 0 Å². The molecule has 0 unspecified atom stereocenters. The van der Waals surface area contributed by atoms with Crippen molar-refractivity contribution in [2.24, 2.45) is 0 Å². The Morgan fingerprint density at radius 1 is 1.25 bits per heavy atom. The molecule has 0 aromatic carbocycles. The number of nitrogens with one attached hydrogen (secondary N) is 1. The summed E-state index contributed by atoms with van der Waals surface area (Å²) in [6.45, 7) is 0.865. The highest BCUT2D eigenvalue weighted by molar-refractivity contribution is 5.85. The van der Waals surface area contributed by atoms with E-state index in [-0.39, 0.29) is 12.4 Å². The Kier molecular flexibility index (Phi) is 5.89. The first-order valence-corrected chi connectivity index (χ1v) is 4.51. The van der Waals surface area contributed by atoms with Gasteiger partial charge in [0.05, 0.1) is 6.61 Å². The molecule has 12 heavy (non-hydrogen) atoms. The molecule has 0 aliphatic heterocycles. The number of likely N-dealkylation sites (N-methyl/N-ethyl adjacent to an activating group) is 1. The summed E-state index contributed by atoms with van der Waals surface area (Å²) in [5, 5.41) is 3.39. The highest BCUT2D eigenvalue weighted by atomic mass is 35.5. The van der Waals surface area contributed by atoms with Crippen molar-refractivity contribution in [3.05, 3.63) is 0 Å². The lowest BCUT2D eigenvalue weighted by Gasteiger charge is -2.36. The number of methoxy groups -OCH3 is 1. The fourth-order valence-corrected chi connectivity index (χ4v) is 1.97. The van der Waals surface area contributed by atoms with Crippen molar-refractivity contribution < 1.29 is 4.74 Å². The summed E-state index contributed by atoms with van der Waals surface area (Å²) in [5.74, 6) is 0. The van der Waals surface area contributed by atoms with Crippen molar-refractivity contribution in [1.29, 1.82) is 0 Å². The van der Waals surface area contributed by atoms with E-state index in [1.165, 1.54) is 32.1 Å². The standard InChI is InChI=1S/C9H19NO.ClH/c1-10-9(8-11-2)6-4-3-5-7-9;/h10H,3-8H2,1-2H3;1H. The summed E-state index contributed by atoms with van der Waals surface area (Å²) in [6, 6.07) is 0. The van der Waals surface area contributed by atoms with Crippen LogP contribution >= 0.6 is 12.4 Å². The van der Waals surface area contributed by atoms with Gasteiger partial charge < -0.3 is 10.1 Å². The smallest absolute Gasteiger partial charge is 0.0644 e. The maximum Gasteiger partial charge on any atom is 0.0644 e. The van der Waals surface area contributed by atoms with E-state index in [0.717, 1.165) is 6.61 Å². The topological polar surface area (TPSA) is 21.3 Å². The first kappa shape index (κ1) is 12.2. The SMILES string of the molecule is CNC1(COC)CCCCC1.Cl. The van der Waals surface area contributed by atoms with E-state index in [0.29, 0.717) is 5.54 Å². The molecule has 1 rings (SSSR count). The monoisotopic (exact) mass is 193 g/mol. The summed E-state index contributed by atoms with van der Waals surface area (Å²) < 4.78 is 5.21. The number of halogens is 1. The maximum atomic E-state index is 5.21.